The van der Waals surface area contributed by atoms with Gasteiger partial charge in [-0.25, -0.2) is 0 Å². The van der Waals surface area contributed by atoms with Gasteiger partial charge in [0.25, 0.3) is 0 Å². The normalized spacial score (nSPS) is 28.2. The first-order valence-electron chi connectivity index (χ1n) is 12.2. The Bertz CT molecular complexity index is 715. The second-order valence-electron chi connectivity index (χ2n) is 9.83. The number of benzene rings is 1. The van der Waals surface area contributed by atoms with E-state index < -0.39 is 0 Å². The van der Waals surface area contributed by atoms with Gasteiger partial charge in [0.1, 0.15) is 5.54 Å². The Labute approximate surface area is 181 Å². The van der Waals surface area contributed by atoms with Crippen LogP contribution >= 0.6 is 0 Å². The van der Waals surface area contributed by atoms with Crippen LogP contribution in [-0.4, -0.2) is 72.7 Å². The van der Waals surface area contributed by atoms with E-state index in [9.17, 15) is 4.79 Å². The van der Waals surface area contributed by atoms with Gasteiger partial charge < -0.3 is 10.1 Å². The summed E-state index contributed by atoms with van der Waals surface area (Å²) in [6.07, 6.45) is 10.2. The zero-order valence-corrected chi connectivity index (χ0v) is 18.3. The first-order chi connectivity index (χ1) is 14.7. The van der Waals surface area contributed by atoms with Crippen molar-refractivity contribution in [1.82, 2.24) is 15.1 Å². The first kappa shape index (κ1) is 20.5. The molecule has 2 heterocycles. The molecular weight excluding hydrogens is 374 g/mol. The van der Waals surface area contributed by atoms with Gasteiger partial charge in [0.05, 0.1) is 13.2 Å². The standard InChI is InChI=1S/C25H37N3O2/c29-24(25(10-4-1-5-11-25)28-13-15-30-16-14-28)26-22-9-6-12-27(19-22)23-17-20-7-2-3-8-21(20)18-23/h2-3,7-8,22-23H,1,4-6,9-19H2,(H,26,29). The summed E-state index contributed by atoms with van der Waals surface area (Å²) in [7, 11) is 0. The predicted octanol–water partition coefficient (Wildman–Crippen LogP) is 2.77. The number of piperidine rings is 1. The van der Waals surface area contributed by atoms with E-state index in [4.69, 9.17) is 4.74 Å². The van der Waals surface area contributed by atoms with Crippen molar-refractivity contribution in [1.29, 1.82) is 0 Å². The highest BCUT2D eigenvalue weighted by Gasteiger charge is 2.46. The molecule has 2 aliphatic carbocycles. The minimum Gasteiger partial charge on any atom is -0.379 e. The molecule has 5 heteroatoms. The molecule has 1 aromatic carbocycles. The van der Waals surface area contributed by atoms with Crippen LogP contribution in [0.25, 0.3) is 0 Å². The van der Waals surface area contributed by atoms with Crippen molar-refractivity contribution < 1.29 is 9.53 Å². The summed E-state index contributed by atoms with van der Waals surface area (Å²) in [4.78, 5) is 18.8. The number of hydrogen-bond acceptors (Lipinski definition) is 4. The van der Waals surface area contributed by atoms with E-state index >= 15 is 0 Å². The third kappa shape index (κ3) is 4.04. The van der Waals surface area contributed by atoms with Crippen molar-refractivity contribution in [3.8, 4) is 0 Å². The molecule has 1 atom stereocenters. The van der Waals surface area contributed by atoms with Crippen LogP contribution in [0.3, 0.4) is 0 Å². The van der Waals surface area contributed by atoms with Crippen LogP contribution in [0.15, 0.2) is 24.3 Å². The summed E-state index contributed by atoms with van der Waals surface area (Å²) in [6, 6.07) is 9.78. The minimum atomic E-state index is -0.298. The van der Waals surface area contributed by atoms with Crippen molar-refractivity contribution in [2.24, 2.45) is 0 Å². The van der Waals surface area contributed by atoms with E-state index in [1.54, 1.807) is 0 Å². The molecule has 164 valence electrons. The lowest BCUT2D eigenvalue weighted by molar-refractivity contribution is -0.141. The maximum Gasteiger partial charge on any atom is 0.240 e. The number of carbonyl (C=O) groups excluding carboxylic acids is 1. The fourth-order valence-electron chi connectivity index (χ4n) is 6.38. The Kier molecular flexibility index (Phi) is 6.12. The fourth-order valence-corrected chi connectivity index (χ4v) is 6.38. The zero-order valence-electron chi connectivity index (χ0n) is 18.3. The molecule has 3 fully saturated rings. The SMILES string of the molecule is O=C(NC1CCCN(C2Cc3ccccc3C2)C1)C1(N2CCOCC2)CCCCC1. The van der Waals surface area contributed by atoms with E-state index in [1.807, 2.05) is 0 Å². The van der Waals surface area contributed by atoms with Crippen molar-refractivity contribution in [2.75, 3.05) is 39.4 Å². The largest absolute Gasteiger partial charge is 0.379 e. The number of nitrogens with one attached hydrogen (secondary N) is 1. The Balaban J connectivity index is 1.23. The van der Waals surface area contributed by atoms with Crippen LogP contribution in [0.1, 0.15) is 56.1 Å². The Morgan fingerprint density at radius 3 is 2.37 bits per heavy atom. The van der Waals surface area contributed by atoms with E-state index in [-0.39, 0.29) is 11.6 Å². The molecule has 30 heavy (non-hydrogen) atoms. The molecule has 1 saturated carbocycles. The molecule has 2 aliphatic heterocycles. The molecule has 5 rings (SSSR count). The quantitative estimate of drug-likeness (QED) is 0.828. The van der Waals surface area contributed by atoms with Crippen LogP contribution in [0.5, 0.6) is 0 Å². The average molecular weight is 412 g/mol. The Hall–Kier alpha value is -1.43. The molecule has 1 N–H and O–H groups in total. The van der Waals surface area contributed by atoms with Crippen molar-refractivity contribution in [3.63, 3.8) is 0 Å². The number of rotatable bonds is 4. The molecule has 2 saturated heterocycles. The van der Waals surface area contributed by atoms with Gasteiger partial charge in [0, 0.05) is 31.7 Å². The predicted molar refractivity (Wildman–Crippen MR) is 119 cm³/mol. The summed E-state index contributed by atoms with van der Waals surface area (Å²) in [5.41, 5.74) is 2.73. The molecule has 0 radical (unpaired) electrons. The van der Waals surface area contributed by atoms with Crippen LogP contribution < -0.4 is 5.32 Å². The second-order valence-corrected chi connectivity index (χ2v) is 9.83. The van der Waals surface area contributed by atoms with Crippen molar-refractivity contribution in [2.45, 2.75) is 75.4 Å². The molecule has 0 aromatic heterocycles. The lowest BCUT2D eigenvalue weighted by Gasteiger charge is -2.47. The Morgan fingerprint density at radius 2 is 1.67 bits per heavy atom. The van der Waals surface area contributed by atoms with Gasteiger partial charge in [-0.05, 0) is 56.2 Å². The van der Waals surface area contributed by atoms with Gasteiger partial charge in [0.15, 0.2) is 0 Å². The molecular formula is C25H37N3O2. The van der Waals surface area contributed by atoms with Crippen LogP contribution in [0.2, 0.25) is 0 Å². The molecule has 1 unspecified atom stereocenters. The summed E-state index contributed by atoms with van der Waals surface area (Å²) >= 11 is 0. The monoisotopic (exact) mass is 411 g/mol. The van der Waals surface area contributed by atoms with Crippen LogP contribution in [-0.2, 0) is 22.4 Å². The number of nitrogens with zero attached hydrogens (tertiary/aromatic N) is 2. The highest BCUT2D eigenvalue weighted by atomic mass is 16.5. The van der Waals surface area contributed by atoms with Crippen LogP contribution in [0, 0.1) is 0 Å². The minimum absolute atomic E-state index is 0.287. The molecule has 5 nitrogen and oxygen atoms in total. The number of ether oxygens (including phenoxy) is 1. The fraction of sp³-hybridized carbons (Fsp3) is 0.720. The molecule has 0 bridgehead atoms. The van der Waals surface area contributed by atoms with E-state index in [1.165, 1.54) is 43.4 Å². The summed E-state index contributed by atoms with van der Waals surface area (Å²) in [5.74, 6) is 0.297. The average Bonchev–Trinajstić information content (AvgIpc) is 3.25. The summed E-state index contributed by atoms with van der Waals surface area (Å²) in [5, 5.41) is 3.54. The summed E-state index contributed by atoms with van der Waals surface area (Å²) < 4.78 is 5.58. The molecule has 0 spiro atoms. The first-order valence-corrected chi connectivity index (χ1v) is 12.2. The number of hydrogen-bond donors (Lipinski definition) is 1. The number of fused-ring (bicyclic) bond motifs is 1. The van der Waals surface area contributed by atoms with Gasteiger partial charge in [-0.1, -0.05) is 43.5 Å². The van der Waals surface area contributed by atoms with E-state index in [0.717, 1.165) is 65.0 Å². The number of morpholine rings is 1. The third-order valence-corrected chi connectivity index (χ3v) is 8.05. The van der Waals surface area contributed by atoms with Gasteiger partial charge >= 0.3 is 0 Å². The molecule has 4 aliphatic rings. The van der Waals surface area contributed by atoms with Crippen LogP contribution in [0.4, 0.5) is 0 Å². The number of likely N-dealkylation sites (tertiary alicyclic amines) is 1. The van der Waals surface area contributed by atoms with Gasteiger partial charge in [-0.3, -0.25) is 14.6 Å². The van der Waals surface area contributed by atoms with Gasteiger partial charge in [0.2, 0.25) is 5.91 Å². The lowest BCUT2D eigenvalue weighted by Crippen LogP contribution is -2.64. The number of amides is 1. The van der Waals surface area contributed by atoms with E-state index in [2.05, 4.69) is 39.4 Å². The van der Waals surface area contributed by atoms with Crippen molar-refractivity contribution in [3.05, 3.63) is 35.4 Å². The van der Waals surface area contributed by atoms with Crippen molar-refractivity contribution >= 4 is 5.91 Å². The number of carbonyl (C=O) groups is 1. The van der Waals surface area contributed by atoms with E-state index in [0.29, 0.717) is 11.9 Å². The molecule has 1 amide bonds. The third-order valence-electron chi connectivity index (χ3n) is 8.05. The topological polar surface area (TPSA) is 44.8 Å². The lowest BCUT2D eigenvalue weighted by atomic mass is 9.78. The maximum absolute atomic E-state index is 13.7. The highest BCUT2D eigenvalue weighted by molar-refractivity contribution is 5.86. The summed E-state index contributed by atoms with van der Waals surface area (Å²) in [6.45, 7) is 5.47. The smallest absolute Gasteiger partial charge is 0.240 e. The maximum atomic E-state index is 13.7. The molecule has 1 aromatic rings. The van der Waals surface area contributed by atoms with Gasteiger partial charge in [-0.15, -0.1) is 0 Å². The zero-order chi connectivity index (χ0) is 20.4. The Morgan fingerprint density at radius 1 is 0.967 bits per heavy atom. The van der Waals surface area contributed by atoms with Gasteiger partial charge in [-0.2, -0.15) is 0 Å². The highest BCUT2D eigenvalue weighted by Crippen LogP contribution is 2.35. The second kappa shape index (κ2) is 8.97.